The lowest BCUT2D eigenvalue weighted by Crippen LogP contribution is -2.23. The summed E-state index contributed by atoms with van der Waals surface area (Å²) in [7, 11) is 0. The van der Waals surface area contributed by atoms with Crippen molar-refractivity contribution < 1.29 is 9.63 Å². The highest BCUT2D eigenvalue weighted by molar-refractivity contribution is 5.44. The van der Waals surface area contributed by atoms with Gasteiger partial charge in [0.15, 0.2) is 0 Å². The number of unbranched alkanes of at least 4 members (excludes halogenated alkanes) is 15. The van der Waals surface area contributed by atoms with E-state index in [-0.39, 0.29) is 0 Å². The molecule has 0 aromatic heterocycles. The van der Waals surface area contributed by atoms with Crippen molar-refractivity contribution in [1.82, 2.24) is 5.06 Å². The van der Waals surface area contributed by atoms with Gasteiger partial charge in [-0.2, -0.15) is 0 Å². The molecule has 0 aromatic rings. The fourth-order valence-electron chi connectivity index (χ4n) is 3.20. The molecular weight excluding hydrogens is 310 g/mol. The van der Waals surface area contributed by atoms with Crippen molar-refractivity contribution in [3.63, 3.8) is 0 Å². The van der Waals surface area contributed by atoms with E-state index >= 15 is 0 Å². The van der Waals surface area contributed by atoms with Crippen LogP contribution in [0.1, 0.15) is 123 Å². The predicted molar refractivity (Wildman–Crippen MR) is 109 cm³/mol. The minimum absolute atomic E-state index is 0.678. The van der Waals surface area contributed by atoms with Gasteiger partial charge >= 0.3 is 0 Å². The van der Waals surface area contributed by atoms with Crippen molar-refractivity contribution in [1.29, 1.82) is 0 Å². The molecule has 150 valence electrons. The fourth-order valence-corrected chi connectivity index (χ4v) is 3.20. The topological polar surface area (TPSA) is 29.5 Å². The van der Waals surface area contributed by atoms with Gasteiger partial charge < -0.3 is 0 Å². The molecule has 0 N–H and O–H groups in total. The maximum Gasteiger partial charge on any atom is 0.233 e. The first kappa shape index (κ1) is 24.4. The number of hydrogen-bond acceptors (Lipinski definition) is 2. The molecule has 3 heteroatoms. The molecular formula is C22H45NO2. The number of rotatable bonds is 21. The molecule has 0 fully saturated rings. The first-order valence-electron chi connectivity index (χ1n) is 11.2. The van der Waals surface area contributed by atoms with Crippen LogP contribution in [0.3, 0.4) is 0 Å². The zero-order valence-electron chi connectivity index (χ0n) is 17.3. The number of hydroxylamine groups is 2. The molecule has 3 nitrogen and oxygen atoms in total. The highest BCUT2D eigenvalue weighted by Gasteiger charge is 1.99. The minimum atomic E-state index is 0.678. The van der Waals surface area contributed by atoms with E-state index in [9.17, 15) is 4.79 Å². The van der Waals surface area contributed by atoms with Crippen LogP contribution in [0.2, 0.25) is 0 Å². The highest BCUT2D eigenvalue weighted by Crippen LogP contribution is 2.13. The Morgan fingerprint density at radius 2 is 1.00 bits per heavy atom. The Bertz CT molecular complexity index is 258. The Morgan fingerprint density at radius 3 is 1.36 bits per heavy atom. The van der Waals surface area contributed by atoms with E-state index in [1.54, 1.807) is 0 Å². The summed E-state index contributed by atoms with van der Waals surface area (Å²) in [6, 6.07) is 0. The Balaban J connectivity index is 3.08. The van der Waals surface area contributed by atoms with Gasteiger partial charge in [0.25, 0.3) is 0 Å². The average Bonchev–Trinajstić information content (AvgIpc) is 2.63. The van der Waals surface area contributed by atoms with Crippen LogP contribution in [0, 0.1) is 0 Å². The number of amides is 1. The third-order valence-electron chi connectivity index (χ3n) is 4.82. The lowest BCUT2D eigenvalue weighted by Gasteiger charge is -2.15. The van der Waals surface area contributed by atoms with Gasteiger partial charge in [0.1, 0.15) is 0 Å². The zero-order valence-corrected chi connectivity index (χ0v) is 17.3. The molecule has 0 spiro atoms. The minimum Gasteiger partial charge on any atom is -0.276 e. The number of carbonyl (C=O) groups excluding carboxylic acids is 1. The molecule has 0 radical (unpaired) electrons. The number of nitrogens with zero attached hydrogens (tertiary/aromatic N) is 1. The van der Waals surface area contributed by atoms with Crippen LogP contribution in [0.25, 0.3) is 0 Å². The molecule has 0 saturated carbocycles. The van der Waals surface area contributed by atoms with E-state index in [1.807, 2.05) is 0 Å². The van der Waals surface area contributed by atoms with Crippen molar-refractivity contribution in [2.24, 2.45) is 0 Å². The third kappa shape index (κ3) is 19.6. The van der Waals surface area contributed by atoms with E-state index in [0.717, 1.165) is 19.3 Å². The molecule has 0 unspecified atom stereocenters. The van der Waals surface area contributed by atoms with Crippen molar-refractivity contribution in [3.05, 3.63) is 0 Å². The van der Waals surface area contributed by atoms with Gasteiger partial charge in [0.05, 0.1) is 6.61 Å². The van der Waals surface area contributed by atoms with Gasteiger partial charge in [-0.1, -0.05) is 110 Å². The Kier molecular flexibility index (Phi) is 21.0. The summed E-state index contributed by atoms with van der Waals surface area (Å²) in [6.07, 6.45) is 23.8. The van der Waals surface area contributed by atoms with Crippen LogP contribution in [0.5, 0.6) is 0 Å². The van der Waals surface area contributed by atoms with Crippen molar-refractivity contribution in [3.8, 4) is 0 Å². The zero-order chi connectivity index (χ0) is 18.4. The van der Waals surface area contributed by atoms with Crippen molar-refractivity contribution >= 4 is 6.41 Å². The van der Waals surface area contributed by atoms with E-state index in [2.05, 4.69) is 13.8 Å². The highest BCUT2D eigenvalue weighted by atomic mass is 16.7. The summed E-state index contributed by atoms with van der Waals surface area (Å²) < 4.78 is 0. The van der Waals surface area contributed by atoms with Gasteiger partial charge in [-0.25, -0.2) is 5.06 Å². The number of carbonyl (C=O) groups is 1. The predicted octanol–water partition coefficient (Wildman–Crippen LogP) is 7.05. The van der Waals surface area contributed by atoms with Gasteiger partial charge in [0, 0.05) is 6.54 Å². The fraction of sp³-hybridized carbons (Fsp3) is 0.955. The van der Waals surface area contributed by atoms with Gasteiger partial charge in [-0.15, -0.1) is 0 Å². The summed E-state index contributed by atoms with van der Waals surface area (Å²) in [4.78, 5) is 16.1. The molecule has 0 bridgehead atoms. The molecule has 0 heterocycles. The smallest absolute Gasteiger partial charge is 0.233 e. The van der Waals surface area contributed by atoms with Crippen LogP contribution in [-0.2, 0) is 9.63 Å². The third-order valence-corrected chi connectivity index (χ3v) is 4.82. The maximum atomic E-state index is 10.7. The second-order valence-electron chi connectivity index (χ2n) is 7.38. The summed E-state index contributed by atoms with van der Waals surface area (Å²) in [5.41, 5.74) is 0. The van der Waals surface area contributed by atoms with Crippen LogP contribution in [-0.4, -0.2) is 24.6 Å². The van der Waals surface area contributed by atoms with Crippen LogP contribution >= 0.6 is 0 Å². The van der Waals surface area contributed by atoms with Gasteiger partial charge in [0.2, 0.25) is 6.41 Å². The maximum absolute atomic E-state index is 10.7. The summed E-state index contributed by atoms with van der Waals surface area (Å²) in [5, 5.41) is 1.42. The van der Waals surface area contributed by atoms with Crippen molar-refractivity contribution in [2.45, 2.75) is 123 Å². The first-order chi connectivity index (χ1) is 12.3. The van der Waals surface area contributed by atoms with Crippen LogP contribution in [0.15, 0.2) is 0 Å². The lowest BCUT2D eigenvalue weighted by molar-refractivity contribution is -0.172. The van der Waals surface area contributed by atoms with E-state index in [1.165, 1.54) is 101 Å². The second kappa shape index (κ2) is 21.5. The quantitative estimate of drug-likeness (QED) is 0.125. The van der Waals surface area contributed by atoms with E-state index in [0.29, 0.717) is 13.2 Å². The van der Waals surface area contributed by atoms with E-state index in [4.69, 9.17) is 4.84 Å². The molecule has 25 heavy (non-hydrogen) atoms. The molecule has 0 aliphatic heterocycles. The normalized spacial score (nSPS) is 11.0. The standard InChI is InChI=1S/C22H45NO2/c1-3-5-6-7-8-9-10-11-12-13-14-15-16-17-18-19-21-25-23(22-24)20-4-2/h22H,3-21H2,1-2H3. The molecule has 0 aliphatic rings. The summed E-state index contributed by atoms with van der Waals surface area (Å²) in [5.74, 6) is 0. The Hall–Kier alpha value is -0.570. The molecule has 0 saturated heterocycles. The molecule has 1 amide bonds. The monoisotopic (exact) mass is 355 g/mol. The van der Waals surface area contributed by atoms with Gasteiger partial charge in [-0.05, 0) is 12.8 Å². The molecule has 0 aliphatic carbocycles. The van der Waals surface area contributed by atoms with Crippen LogP contribution in [0.4, 0.5) is 0 Å². The van der Waals surface area contributed by atoms with E-state index < -0.39 is 0 Å². The van der Waals surface area contributed by atoms with Gasteiger partial charge in [-0.3, -0.25) is 9.63 Å². The largest absolute Gasteiger partial charge is 0.276 e. The SMILES string of the molecule is CCCCCCCCCCCCCCCCCCON(C=O)CCC. The molecule has 0 atom stereocenters. The Labute approximate surface area is 157 Å². The Morgan fingerprint density at radius 1 is 0.600 bits per heavy atom. The first-order valence-corrected chi connectivity index (χ1v) is 11.2. The molecule has 0 aromatic carbocycles. The number of hydrogen-bond donors (Lipinski definition) is 0. The lowest BCUT2D eigenvalue weighted by atomic mass is 10.0. The summed E-state index contributed by atoms with van der Waals surface area (Å²) >= 11 is 0. The van der Waals surface area contributed by atoms with Crippen molar-refractivity contribution in [2.75, 3.05) is 13.2 Å². The van der Waals surface area contributed by atoms with Crippen LogP contribution < -0.4 is 0 Å². The molecule has 0 rings (SSSR count). The summed E-state index contributed by atoms with van der Waals surface area (Å²) in [6.45, 7) is 5.71. The second-order valence-corrected chi connectivity index (χ2v) is 7.38. The average molecular weight is 356 g/mol.